The molecule has 1 saturated heterocycles. The summed E-state index contributed by atoms with van der Waals surface area (Å²) in [5.74, 6) is 0.253. The molecule has 1 N–H and O–H groups in total. The number of likely N-dealkylation sites (tertiary alicyclic amines) is 1. The number of amides is 2. The highest BCUT2D eigenvalue weighted by Crippen LogP contribution is 2.29. The zero-order chi connectivity index (χ0) is 14.7. The summed E-state index contributed by atoms with van der Waals surface area (Å²) in [4.78, 5) is 26.8. The third kappa shape index (κ3) is 3.41. The lowest BCUT2D eigenvalue weighted by Gasteiger charge is -2.31. The van der Waals surface area contributed by atoms with Crippen molar-refractivity contribution < 1.29 is 9.59 Å². The van der Waals surface area contributed by atoms with E-state index < -0.39 is 0 Å². The Labute approximate surface area is 131 Å². The molecule has 0 radical (unpaired) electrons. The molecular weight excluding hydrogens is 340 g/mol. The third-order valence-corrected chi connectivity index (χ3v) is 5.70. The number of carbonyl (C=O) groups excluding carboxylic acids is 2. The van der Waals surface area contributed by atoms with Crippen molar-refractivity contribution in [2.75, 3.05) is 19.6 Å². The van der Waals surface area contributed by atoms with Crippen molar-refractivity contribution in [1.29, 1.82) is 0 Å². The van der Waals surface area contributed by atoms with Crippen molar-refractivity contribution in [3.63, 3.8) is 0 Å². The molecular formula is C14H19BrN2O2S. The van der Waals surface area contributed by atoms with Gasteiger partial charge in [0.15, 0.2) is 0 Å². The first-order valence-corrected chi connectivity index (χ1v) is 8.46. The summed E-state index contributed by atoms with van der Waals surface area (Å²) in [6, 6.07) is 1.92. The number of rotatable bonds is 3. The number of hydrogen-bond acceptors (Lipinski definition) is 3. The number of nitrogens with one attached hydrogen (secondary N) is 1. The Hall–Kier alpha value is -0.880. The molecule has 0 aliphatic carbocycles. The normalized spacial score (nSPS) is 16.2. The smallest absolute Gasteiger partial charge is 0.263 e. The standard InChI is InChI=1S/C14H19BrN2O2S/c1-3-16-13(18)10-4-6-17(7-5-10)14(19)11-8-9(2)12(15)20-11/h8,10H,3-7H2,1-2H3,(H,16,18). The molecule has 0 atom stereocenters. The van der Waals surface area contributed by atoms with Gasteiger partial charge in [-0.1, -0.05) is 0 Å². The molecule has 1 fully saturated rings. The van der Waals surface area contributed by atoms with Crippen LogP contribution < -0.4 is 5.32 Å². The molecule has 0 bridgehead atoms. The molecule has 1 aliphatic heterocycles. The van der Waals surface area contributed by atoms with Crippen LogP contribution in [-0.4, -0.2) is 36.3 Å². The van der Waals surface area contributed by atoms with Crippen LogP contribution in [0.5, 0.6) is 0 Å². The van der Waals surface area contributed by atoms with E-state index in [1.54, 1.807) is 0 Å². The van der Waals surface area contributed by atoms with Crippen molar-refractivity contribution >= 4 is 39.1 Å². The number of halogens is 1. The highest BCUT2D eigenvalue weighted by Gasteiger charge is 2.28. The largest absolute Gasteiger partial charge is 0.356 e. The molecule has 1 aromatic rings. The highest BCUT2D eigenvalue weighted by molar-refractivity contribution is 9.11. The van der Waals surface area contributed by atoms with Crippen LogP contribution in [0.3, 0.4) is 0 Å². The molecule has 6 heteroatoms. The van der Waals surface area contributed by atoms with E-state index in [1.165, 1.54) is 11.3 Å². The van der Waals surface area contributed by atoms with E-state index >= 15 is 0 Å². The monoisotopic (exact) mass is 358 g/mol. The van der Waals surface area contributed by atoms with Crippen LogP contribution in [0.1, 0.15) is 35.0 Å². The van der Waals surface area contributed by atoms with E-state index in [9.17, 15) is 9.59 Å². The number of carbonyl (C=O) groups is 2. The van der Waals surface area contributed by atoms with Gasteiger partial charge >= 0.3 is 0 Å². The molecule has 20 heavy (non-hydrogen) atoms. The summed E-state index contributed by atoms with van der Waals surface area (Å²) < 4.78 is 1.01. The lowest BCUT2D eigenvalue weighted by molar-refractivity contribution is -0.126. The van der Waals surface area contributed by atoms with E-state index in [0.717, 1.165) is 27.1 Å². The fraction of sp³-hybridized carbons (Fsp3) is 0.571. The number of thiophene rings is 1. The first-order chi connectivity index (χ1) is 9.52. The van der Waals surface area contributed by atoms with Crippen LogP contribution in [0.15, 0.2) is 9.85 Å². The molecule has 2 amide bonds. The molecule has 1 aliphatic rings. The minimum absolute atomic E-state index is 0.0517. The van der Waals surface area contributed by atoms with Gasteiger partial charge in [0.05, 0.1) is 8.66 Å². The van der Waals surface area contributed by atoms with Gasteiger partial charge in [-0.05, 0) is 54.2 Å². The topological polar surface area (TPSA) is 49.4 Å². The second-order valence-corrected chi connectivity index (χ2v) is 7.40. The Morgan fingerprint density at radius 1 is 1.45 bits per heavy atom. The van der Waals surface area contributed by atoms with Crippen LogP contribution in [0.2, 0.25) is 0 Å². The van der Waals surface area contributed by atoms with Crippen LogP contribution >= 0.6 is 27.3 Å². The number of piperidine rings is 1. The first kappa shape index (κ1) is 15.5. The van der Waals surface area contributed by atoms with E-state index in [4.69, 9.17) is 0 Å². The quantitative estimate of drug-likeness (QED) is 0.902. The minimum Gasteiger partial charge on any atom is -0.356 e. The van der Waals surface area contributed by atoms with Gasteiger partial charge in [0.2, 0.25) is 5.91 Å². The zero-order valence-electron chi connectivity index (χ0n) is 11.7. The van der Waals surface area contributed by atoms with Crippen molar-refractivity contribution in [3.8, 4) is 0 Å². The molecule has 2 rings (SSSR count). The van der Waals surface area contributed by atoms with E-state index in [0.29, 0.717) is 19.6 Å². The third-order valence-electron chi connectivity index (χ3n) is 3.57. The second-order valence-electron chi connectivity index (χ2n) is 5.03. The lowest BCUT2D eigenvalue weighted by atomic mass is 9.96. The molecule has 1 aromatic heterocycles. The van der Waals surface area contributed by atoms with Crippen LogP contribution in [0.25, 0.3) is 0 Å². The molecule has 0 saturated carbocycles. The Morgan fingerprint density at radius 2 is 2.10 bits per heavy atom. The number of aryl methyl sites for hydroxylation is 1. The van der Waals surface area contributed by atoms with Gasteiger partial charge in [0.25, 0.3) is 5.91 Å². The van der Waals surface area contributed by atoms with Gasteiger partial charge in [-0.3, -0.25) is 9.59 Å². The number of nitrogens with zero attached hydrogens (tertiary/aromatic N) is 1. The maximum atomic E-state index is 12.4. The van der Waals surface area contributed by atoms with Crippen molar-refractivity contribution in [2.45, 2.75) is 26.7 Å². The highest BCUT2D eigenvalue weighted by atomic mass is 79.9. The van der Waals surface area contributed by atoms with Gasteiger partial charge < -0.3 is 10.2 Å². The average Bonchev–Trinajstić information content (AvgIpc) is 2.78. The molecule has 2 heterocycles. The molecule has 0 unspecified atom stereocenters. The van der Waals surface area contributed by atoms with Gasteiger partial charge in [0, 0.05) is 25.6 Å². The minimum atomic E-state index is 0.0517. The van der Waals surface area contributed by atoms with Crippen LogP contribution in [0, 0.1) is 12.8 Å². The molecule has 110 valence electrons. The van der Waals surface area contributed by atoms with E-state index in [2.05, 4.69) is 21.2 Å². The predicted octanol–water partition coefficient (Wildman–Crippen LogP) is 2.81. The van der Waals surface area contributed by atoms with E-state index in [1.807, 2.05) is 24.8 Å². The van der Waals surface area contributed by atoms with E-state index in [-0.39, 0.29) is 17.7 Å². The zero-order valence-corrected chi connectivity index (χ0v) is 14.1. The van der Waals surface area contributed by atoms with Gasteiger partial charge in [0.1, 0.15) is 0 Å². The molecule has 0 spiro atoms. The second kappa shape index (κ2) is 6.72. The molecule has 0 aromatic carbocycles. The Kier molecular flexibility index (Phi) is 5.21. The van der Waals surface area contributed by atoms with Crippen molar-refractivity contribution in [1.82, 2.24) is 10.2 Å². The Bertz CT molecular complexity index is 488. The van der Waals surface area contributed by atoms with Crippen molar-refractivity contribution in [3.05, 3.63) is 20.3 Å². The SMILES string of the molecule is CCNC(=O)C1CCN(C(=O)c2cc(C)c(Br)s2)CC1. The average molecular weight is 359 g/mol. The van der Waals surface area contributed by atoms with Crippen LogP contribution in [0.4, 0.5) is 0 Å². The van der Waals surface area contributed by atoms with Gasteiger partial charge in [-0.25, -0.2) is 0 Å². The Balaban J connectivity index is 1.93. The fourth-order valence-electron chi connectivity index (χ4n) is 2.38. The maximum Gasteiger partial charge on any atom is 0.263 e. The summed E-state index contributed by atoms with van der Waals surface area (Å²) in [7, 11) is 0. The first-order valence-electron chi connectivity index (χ1n) is 6.85. The predicted molar refractivity (Wildman–Crippen MR) is 84.1 cm³/mol. The maximum absolute atomic E-state index is 12.4. The fourth-order valence-corrected chi connectivity index (χ4v) is 3.89. The summed E-state index contributed by atoms with van der Waals surface area (Å²) in [5.41, 5.74) is 1.09. The van der Waals surface area contributed by atoms with Crippen molar-refractivity contribution in [2.24, 2.45) is 5.92 Å². The lowest BCUT2D eigenvalue weighted by Crippen LogP contribution is -2.42. The Morgan fingerprint density at radius 3 is 2.60 bits per heavy atom. The summed E-state index contributed by atoms with van der Waals surface area (Å²) in [5, 5.41) is 2.86. The molecule has 4 nitrogen and oxygen atoms in total. The summed E-state index contributed by atoms with van der Waals surface area (Å²) in [6.07, 6.45) is 1.51. The van der Waals surface area contributed by atoms with Gasteiger partial charge in [-0.2, -0.15) is 0 Å². The van der Waals surface area contributed by atoms with Gasteiger partial charge in [-0.15, -0.1) is 11.3 Å². The summed E-state index contributed by atoms with van der Waals surface area (Å²) >= 11 is 4.93. The number of hydrogen-bond donors (Lipinski definition) is 1. The summed E-state index contributed by atoms with van der Waals surface area (Å²) in [6.45, 7) is 5.90. The van der Waals surface area contributed by atoms with Crippen LogP contribution in [-0.2, 0) is 4.79 Å².